The Bertz CT molecular complexity index is 421. The number of rotatable bonds is 5. The van der Waals surface area contributed by atoms with E-state index >= 15 is 0 Å². The zero-order valence-electron chi connectivity index (χ0n) is 12.9. The minimum Gasteiger partial charge on any atom is -0.393 e. The lowest BCUT2D eigenvalue weighted by Crippen LogP contribution is -2.45. The van der Waals surface area contributed by atoms with Gasteiger partial charge in [0.2, 0.25) is 5.89 Å². The molecule has 1 N–H and O–H groups in total. The van der Waals surface area contributed by atoms with Crippen LogP contribution in [-0.2, 0) is 6.42 Å². The first-order valence-electron chi connectivity index (χ1n) is 7.35. The maximum Gasteiger partial charge on any atom is 0.229 e. The third-order valence-electron chi connectivity index (χ3n) is 3.79. The Balaban J connectivity index is 1.97. The first-order chi connectivity index (χ1) is 9.45. The summed E-state index contributed by atoms with van der Waals surface area (Å²) in [5.41, 5.74) is 0. The highest BCUT2D eigenvalue weighted by atomic mass is 16.5. The van der Waals surface area contributed by atoms with Crippen molar-refractivity contribution in [2.75, 3.05) is 33.7 Å². The molecule has 6 nitrogen and oxygen atoms in total. The van der Waals surface area contributed by atoms with Crippen molar-refractivity contribution in [2.45, 2.75) is 38.8 Å². The van der Waals surface area contributed by atoms with Crippen molar-refractivity contribution in [3.63, 3.8) is 0 Å². The smallest absolute Gasteiger partial charge is 0.229 e. The Hall–Kier alpha value is -0.980. The standard InChI is InChI=1S/C14H26N4O2/c1-10(2)7-11(19)8-13-15-14(16-20-13)12-9-17(3)5-6-18(12)4/h10-12,19H,5-9H2,1-4H3. The molecule has 0 bridgehead atoms. The molecule has 2 rings (SSSR count). The molecule has 0 radical (unpaired) electrons. The molecule has 2 heterocycles. The van der Waals surface area contributed by atoms with Gasteiger partial charge in [-0.1, -0.05) is 19.0 Å². The van der Waals surface area contributed by atoms with Crippen LogP contribution in [0.25, 0.3) is 0 Å². The number of aliphatic hydroxyl groups excluding tert-OH is 1. The zero-order chi connectivity index (χ0) is 14.7. The summed E-state index contributed by atoms with van der Waals surface area (Å²) in [6, 6.07) is 0.175. The summed E-state index contributed by atoms with van der Waals surface area (Å²) in [6.07, 6.45) is 0.788. The number of hydrogen-bond donors (Lipinski definition) is 1. The third kappa shape index (κ3) is 4.01. The molecule has 1 saturated heterocycles. The van der Waals surface area contributed by atoms with E-state index in [9.17, 15) is 5.11 Å². The maximum atomic E-state index is 9.94. The molecule has 20 heavy (non-hydrogen) atoms. The van der Waals surface area contributed by atoms with Gasteiger partial charge in [-0.15, -0.1) is 0 Å². The van der Waals surface area contributed by atoms with Crippen LogP contribution in [-0.4, -0.2) is 64.9 Å². The van der Waals surface area contributed by atoms with Gasteiger partial charge in [0, 0.05) is 19.6 Å². The number of aromatic nitrogens is 2. The van der Waals surface area contributed by atoms with Gasteiger partial charge in [0.05, 0.1) is 18.6 Å². The van der Waals surface area contributed by atoms with Crippen LogP contribution in [0.2, 0.25) is 0 Å². The van der Waals surface area contributed by atoms with E-state index in [4.69, 9.17) is 4.52 Å². The largest absolute Gasteiger partial charge is 0.393 e. The van der Waals surface area contributed by atoms with E-state index in [1.165, 1.54) is 0 Å². The summed E-state index contributed by atoms with van der Waals surface area (Å²) in [5, 5.41) is 14.0. The number of piperazine rings is 1. The van der Waals surface area contributed by atoms with Crippen LogP contribution in [0.4, 0.5) is 0 Å². The number of hydrogen-bond acceptors (Lipinski definition) is 6. The Morgan fingerprint density at radius 3 is 2.80 bits per heavy atom. The lowest BCUT2D eigenvalue weighted by atomic mass is 10.0. The summed E-state index contributed by atoms with van der Waals surface area (Å²) in [7, 11) is 4.19. The van der Waals surface area contributed by atoms with Gasteiger partial charge in [-0.25, -0.2) is 0 Å². The SMILES string of the molecule is CC(C)CC(O)Cc1nc(C2CN(C)CCN2C)no1. The molecule has 0 saturated carbocycles. The molecule has 1 fully saturated rings. The van der Waals surface area contributed by atoms with Crippen LogP contribution >= 0.6 is 0 Å². The molecule has 114 valence electrons. The van der Waals surface area contributed by atoms with E-state index in [1.807, 2.05) is 0 Å². The van der Waals surface area contributed by atoms with Gasteiger partial charge in [-0.2, -0.15) is 4.98 Å². The number of aliphatic hydroxyl groups is 1. The Kier molecular flexibility index (Phi) is 5.12. The fourth-order valence-corrected chi connectivity index (χ4v) is 2.60. The van der Waals surface area contributed by atoms with E-state index in [-0.39, 0.29) is 6.04 Å². The van der Waals surface area contributed by atoms with E-state index in [1.54, 1.807) is 0 Å². The Labute approximate surface area is 120 Å². The van der Waals surface area contributed by atoms with E-state index in [2.05, 4.69) is 47.9 Å². The summed E-state index contributed by atoms with van der Waals surface area (Å²) >= 11 is 0. The molecule has 1 aromatic rings. The molecule has 2 atom stereocenters. The van der Waals surface area contributed by atoms with Gasteiger partial charge >= 0.3 is 0 Å². The van der Waals surface area contributed by atoms with Crippen LogP contribution in [0.1, 0.15) is 38.0 Å². The van der Waals surface area contributed by atoms with Crippen LogP contribution in [0.3, 0.4) is 0 Å². The van der Waals surface area contributed by atoms with Crippen molar-refractivity contribution >= 4 is 0 Å². The van der Waals surface area contributed by atoms with E-state index in [0.717, 1.165) is 31.9 Å². The first kappa shape index (κ1) is 15.4. The Morgan fingerprint density at radius 2 is 2.10 bits per heavy atom. The number of likely N-dealkylation sites (N-methyl/N-ethyl adjacent to an activating group) is 2. The highest BCUT2D eigenvalue weighted by Crippen LogP contribution is 2.21. The van der Waals surface area contributed by atoms with Crippen molar-refractivity contribution in [2.24, 2.45) is 5.92 Å². The molecule has 2 unspecified atom stereocenters. The van der Waals surface area contributed by atoms with Crippen molar-refractivity contribution in [1.29, 1.82) is 0 Å². The van der Waals surface area contributed by atoms with Crippen LogP contribution in [0.5, 0.6) is 0 Å². The summed E-state index contributed by atoms with van der Waals surface area (Å²) in [5.74, 6) is 1.73. The fourth-order valence-electron chi connectivity index (χ4n) is 2.60. The second-order valence-corrected chi connectivity index (χ2v) is 6.29. The summed E-state index contributed by atoms with van der Waals surface area (Å²) < 4.78 is 5.29. The first-order valence-corrected chi connectivity index (χ1v) is 7.35. The molecule has 6 heteroatoms. The van der Waals surface area contributed by atoms with Gasteiger partial charge in [0.1, 0.15) is 0 Å². The lowest BCUT2D eigenvalue weighted by Gasteiger charge is -2.35. The van der Waals surface area contributed by atoms with Gasteiger partial charge in [-0.3, -0.25) is 4.90 Å². The highest BCUT2D eigenvalue weighted by molar-refractivity contribution is 4.98. The summed E-state index contributed by atoms with van der Waals surface area (Å²) in [6.45, 7) is 7.15. The normalized spacial score (nSPS) is 23.4. The molecule has 1 aliphatic heterocycles. The van der Waals surface area contributed by atoms with Crippen molar-refractivity contribution in [3.8, 4) is 0 Å². The average Bonchev–Trinajstić information content (AvgIpc) is 2.79. The molecule has 1 aliphatic rings. The molecule has 0 amide bonds. The molecule has 0 aromatic carbocycles. The molecule has 0 spiro atoms. The van der Waals surface area contributed by atoms with Crippen LogP contribution < -0.4 is 0 Å². The summed E-state index contributed by atoms with van der Waals surface area (Å²) in [4.78, 5) is 8.98. The predicted molar refractivity (Wildman–Crippen MR) is 76.3 cm³/mol. The maximum absolute atomic E-state index is 9.94. The molecule has 0 aliphatic carbocycles. The van der Waals surface area contributed by atoms with E-state index < -0.39 is 6.10 Å². The average molecular weight is 282 g/mol. The minimum atomic E-state index is -0.407. The second kappa shape index (κ2) is 6.65. The minimum absolute atomic E-state index is 0.175. The third-order valence-corrected chi connectivity index (χ3v) is 3.79. The quantitative estimate of drug-likeness (QED) is 0.867. The highest BCUT2D eigenvalue weighted by Gasteiger charge is 2.28. The Morgan fingerprint density at radius 1 is 1.35 bits per heavy atom. The predicted octanol–water partition coefficient (Wildman–Crippen LogP) is 0.937. The zero-order valence-corrected chi connectivity index (χ0v) is 12.9. The fraction of sp³-hybridized carbons (Fsp3) is 0.857. The molecule has 1 aromatic heterocycles. The molecular weight excluding hydrogens is 256 g/mol. The van der Waals surface area contributed by atoms with Crippen molar-refractivity contribution in [3.05, 3.63) is 11.7 Å². The van der Waals surface area contributed by atoms with Gasteiger partial charge < -0.3 is 14.5 Å². The van der Waals surface area contributed by atoms with E-state index in [0.29, 0.717) is 18.2 Å². The monoisotopic (exact) mass is 282 g/mol. The lowest BCUT2D eigenvalue weighted by molar-refractivity contribution is 0.108. The second-order valence-electron chi connectivity index (χ2n) is 6.29. The van der Waals surface area contributed by atoms with Gasteiger partial charge in [0.15, 0.2) is 5.82 Å². The van der Waals surface area contributed by atoms with Crippen molar-refractivity contribution < 1.29 is 9.63 Å². The van der Waals surface area contributed by atoms with Crippen molar-refractivity contribution in [1.82, 2.24) is 19.9 Å². The van der Waals surface area contributed by atoms with Gasteiger partial charge in [0.25, 0.3) is 0 Å². The van der Waals surface area contributed by atoms with Crippen LogP contribution in [0, 0.1) is 5.92 Å². The molecular formula is C14H26N4O2. The topological polar surface area (TPSA) is 65.6 Å². The van der Waals surface area contributed by atoms with Gasteiger partial charge in [-0.05, 0) is 26.4 Å². The number of nitrogens with zero attached hydrogens (tertiary/aromatic N) is 4. The van der Waals surface area contributed by atoms with Crippen LogP contribution in [0.15, 0.2) is 4.52 Å².